The van der Waals surface area contributed by atoms with E-state index in [1.807, 2.05) is 36.4 Å². The number of aldehydes is 1. The van der Waals surface area contributed by atoms with E-state index in [2.05, 4.69) is 6.92 Å². The molecule has 0 fully saturated rings. The number of hydrogen-bond donors (Lipinski definition) is 0. The van der Waals surface area contributed by atoms with Crippen molar-refractivity contribution >= 4 is 12.4 Å². The molecule has 0 unspecified atom stereocenters. The van der Waals surface area contributed by atoms with Gasteiger partial charge >= 0.3 is 0 Å². The van der Waals surface area contributed by atoms with Crippen LogP contribution in [0, 0.1) is 0 Å². The van der Waals surface area contributed by atoms with Crippen molar-refractivity contribution in [1.29, 1.82) is 0 Å². The van der Waals surface area contributed by atoms with Crippen LogP contribution in [0.1, 0.15) is 25.3 Å². The molecule has 0 aromatic heterocycles. The zero-order chi connectivity index (χ0) is 10.9. The van der Waals surface area contributed by atoms with Crippen LogP contribution < -0.4 is 4.74 Å². The molecule has 0 atom stereocenters. The van der Waals surface area contributed by atoms with Crippen molar-refractivity contribution in [3.63, 3.8) is 0 Å². The molecule has 0 saturated carbocycles. The predicted molar refractivity (Wildman–Crippen MR) is 61.9 cm³/mol. The lowest BCUT2D eigenvalue weighted by Gasteiger charge is -2.04. The molecule has 0 amide bonds. The molecular weight excluding hydrogens is 188 g/mol. The Bertz CT molecular complexity index is 329. The fourth-order valence-electron chi connectivity index (χ4n) is 1.19. The third kappa shape index (κ3) is 4.45. The van der Waals surface area contributed by atoms with E-state index in [1.54, 1.807) is 0 Å². The van der Waals surface area contributed by atoms with Crippen LogP contribution in [0.3, 0.4) is 0 Å². The molecule has 0 bridgehead atoms. The zero-order valence-electron chi connectivity index (χ0n) is 8.98. The van der Waals surface area contributed by atoms with Crippen LogP contribution in [0.5, 0.6) is 5.75 Å². The summed E-state index contributed by atoms with van der Waals surface area (Å²) >= 11 is 0. The third-order valence-corrected chi connectivity index (χ3v) is 1.87. The van der Waals surface area contributed by atoms with Crippen molar-refractivity contribution in [2.75, 3.05) is 6.61 Å². The molecule has 0 radical (unpaired) electrons. The van der Waals surface area contributed by atoms with E-state index in [1.165, 1.54) is 0 Å². The van der Waals surface area contributed by atoms with Gasteiger partial charge < -0.3 is 9.53 Å². The highest BCUT2D eigenvalue weighted by Gasteiger charge is 1.93. The number of carbonyl (C=O) groups is 1. The second-order valence-corrected chi connectivity index (χ2v) is 3.23. The van der Waals surface area contributed by atoms with Crippen LogP contribution in [-0.4, -0.2) is 12.9 Å². The van der Waals surface area contributed by atoms with Gasteiger partial charge in [0, 0.05) is 6.42 Å². The number of ether oxygens (including phenoxy) is 1. The van der Waals surface area contributed by atoms with Gasteiger partial charge in [-0.2, -0.15) is 0 Å². The maximum atomic E-state index is 10.1. The van der Waals surface area contributed by atoms with Crippen molar-refractivity contribution < 1.29 is 9.53 Å². The van der Waals surface area contributed by atoms with Crippen LogP contribution in [0.15, 0.2) is 30.3 Å². The summed E-state index contributed by atoms with van der Waals surface area (Å²) in [6.07, 6.45) is 6.11. The van der Waals surface area contributed by atoms with E-state index in [4.69, 9.17) is 4.74 Å². The van der Waals surface area contributed by atoms with Gasteiger partial charge in [0.05, 0.1) is 6.61 Å². The highest BCUT2D eigenvalue weighted by atomic mass is 16.5. The Morgan fingerprint density at radius 2 is 2.27 bits per heavy atom. The largest absolute Gasteiger partial charge is 0.494 e. The first kappa shape index (κ1) is 11.5. The number of benzene rings is 1. The summed E-state index contributed by atoms with van der Waals surface area (Å²) in [6.45, 7) is 2.81. The Morgan fingerprint density at radius 1 is 1.40 bits per heavy atom. The van der Waals surface area contributed by atoms with E-state index in [-0.39, 0.29) is 0 Å². The molecule has 0 aliphatic heterocycles. The van der Waals surface area contributed by atoms with Crippen molar-refractivity contribution in [1.82, 2.24) is 0 Å². The second-order valence-electron chi connectivity index (χ2n) is 3.23. The Hall–Kier alpha value is -1.57. The molecule has 0 aliphatic rings. The molecule has 0 spiro atoms. The Balaban J connectivity index is 2.61. The lowest BCUT2D eigenvalue weighted by atomic mass is 10.2. The van der Waals surface area contributed by atoms with Crippen molar-refractivity contribution in [2.24, 2.45) is 0 Å². The van der Waals surface area contributed by atoms with E-state index in [0.717, 1.165) is 30.6 Å². The molecule has 2 nitrogen and oxygen atoms in total. The highest BCUT2D eigenvalue weighted by Crippen LogP contribution is 2.14. The number of rotatable bonds is 6. The van der Waals surface area contributed by atoms with Gasteiger partial charge in [0.15, 0.2) is 0 Å². The van der Waals surface area contributed by atoms with Gasteiger partial charge in [0.2, 0.25) is 0 Å². The van der Waals surface area contributed by atoms with Gasteiger partial charge in [-0.3, -0.25) is 0 Å². The van der Waals surface area contributed by atoms with Crippen LogP contribution >= 0.6 is 0 Å². The van der Waals surface area contributed by atoms with Crippen molar-refractivity contribution in [2.45, 2.75) is 19.8 Å². The second kappa shape index (κ2) is 6.82. The topological polar surface area (TPSA) is 26.3 Å². The molecule has 1 aromatic rings. The van der Waals surface area contributed by atoms with Gasteiger partial charge in [0.25, 0.3) is 0 Å². The van der Waals surface area contributed by atoms with E-state index >= 15 is 0 Å². The van der Waals surface area contributed by atoms with Gasteiger partial charge in [-0.15, -0.1) is 0 Å². The van der Waals surface area contributed by atoms with E-state index in [0.29, 0.717) is 6.42 Å². The van der Waals surface area contributed by atoms with E-state index < -0.39 is 0 Å². The van der Waals surface area contributed by atoms with Crippen molar-refractivity contribution in [3.05, 3.63) is 35.9 Å². The van der Waals surface area contributed by atoms with Crippen LogP contribution in [0.2, 0.25) is 0 Å². The quantitative estimate of drug-likeness (QED) is 0.666. The first-order valence-electron chi connectivity index (χ1n) is 5.20. The molecule has 0 saturated heterocycles. The summed E-state index contributed by atoms with van der Waals surface area (Å²) < 4.78 is 5.50. The van der Waals surface area contributed by atoms with Gasteiger partial charge in [0.1, 0.15) is 12.0 Å². The third-order valence-electron chi connectivity index (χ3n) is 1.87. The molecule has 15 heavy (non-hydrogen) atoms. The number of carbonyl (C=O) groups excluding carboxylic acids is 1. The summed E-state index contributed by atoms with van der Waals surface area (Å²) in [5, 5.41) is 0. The zero-order valence-corrected chi connectivity index (χ0v) is 8.98. The van der Waals surface area contributed by atoms with Crippen LogP contribution in [-0.2, 0) is 4.79 Å². The van der Waals surface area contributed by atoms with Gasteiger partial charge in [-0.25, -0.2) is 0 Å². The minimum absolute atomic E-state index is 0.458. The molecule has 2 heteroatoms. The molecular formula is C13H16O2. The lowest BCUT2D eigenvalue weighted by Crippen LogP contribution is -1.94. The SMILES string of the molecule is CCCOc1cccc(C=CCC=O)c1. The maximum Gasteiger partial charge on any atom is 0.123 e. The summed E-state index contributed by atoms with van der Waals surface area (Å²) in [5.74, 6) is 0.880. The van der Waals surface area contributed by atoms with Gasteiger partial charge in [-0.1, -0.05) is 31.2 Å². The summed E-state index contributed by atoms with van der Waals surface area (Å²) in [4.78, 5) is 10.1. The first-order chi connectivity index (χ1) is 7.36. The molecule has 1 aromatic carbocycles. The normalized spacial score (nSPS) is 10.5. The van der Waals surface area contributed by atoms with E-state index in [9.17, 15) is 4.79 Å². The molecule has 0 heterocycles. The summed E-state index contributed by atoms with van der Waals surface area (Å²) in [7, 11) is 0. The minimum atomic E-state index is 0.458. The monoisotopic (exact) mass is 204 g/mol. The Kier molecular flexibility index (Phi) is 5.23. The predicted octanol–water partition coefficient (Wildman–Crippen LogP) is 3.08. The standard InChI is InChI=1S/C13H16O2/c1-2-10-15-13-8-5-7-12(11-13)6-3-4-9-14/h3,5-9,11H,2,4,10H2,1H3. The van der Waals surface area contributed by atoms with Gasteiger partial charge in [-0.05, 0) is 24.1 Å². The maximum absolute atomic E-state index is 10.1. The number of allylic oxidation sites excluding steroid dienone is 1. The molecule has 0 aliphatic carbocycles. The average molecular weight is 204 g/mol. The summed E-state index contributed by atoms with van der Waals surface area (Å²) in [6, 6.07) is 7.84. The molecule has 1 rings (SSSR count). The Morgan fingerprint density at radius 3 is 3.00 bits per heavy atom. The van der Waals surface area contributed by atoms with Crippen molar-refractivity contribution in [3.8, 4) is 5.75 Å². The fraction of sp³-hybridized carbons (Fsp3) is 0.308. The fourth-order valence-corrected chi connectivity index (χ4v) is 1.19. The van der Waals surface area contributed by atoms with Crippen LogP contribution in [0.25, 0.3) is 6.08 Å². The highest BCUT2D eigenvalue weighted by molar-refractivity contribution is 5.58. The summed E-state index contributed by atoms with van der Waals surface area (Å²) in [5.41, 5.74) is 1.06. The lowest BCUT2D eigenvalue weighted by molar-refractivity contribution is -0.107. The first-order valence-corrected chi connectivity index (χ1v) is 5.20. The Labute approximate surface area is 90.6 Å². The molecule has 80 valence electrons. The number of hydrogen-bond acceptors (Lipinski definition) is 2. The average Bonchev–Trinajstić information content (AvgIpc) is 2.27. The minimum Gasteiger partial charge on any atom is -0.494 e. The smallest absolute Gasteiger partial charge is 0.123 e. The molecule has 0 N–H and O–H groups in total. The van der Waals surface area contributed by atoms with Crippen LogP contribution in [0.4, 0.5) is 0 Å².